The molecule has 0 unspecified atom stereocenters. The Morgan fingerprint density at radius 1 is 1.00 bits per heavy atom. The summed E-state index contributed by atoms with van der Waals surface area (Å²) >= 11 is 4.09. The van der Waals surface area contributed by atoms with E-state index in [2.05, 4.69) is 15.6 Å². The van der Waals surface area contributed by atoms with Gasteiger partial charge in [-0.05, 0) is 35.7 Å². The van der Waals surface area contributed by atoms with Gasteiger partial charge in [0.25, 0.3) is 5.91 Å². The Kier molecular flexibility index (Phi) is 6.76. The van der Waals surface area contributed by atoms with Crippen molar-refractivity contribution in [3.63, 3.8) is 0 Å². The number of methoxy groups -OCH3 is 1. The number of esters is 1. The SMILES string of the molecule is COC(=O)c1sccc1Nc1nc(N)c(-c2nc(-c3cccc(NC(=O)c4ccccc4)c3)cs2)s1. The van der Waals surface area contributed by atoms with Gasteiger partial charge in [-0.1, -0.05) is 41.7 Å². The number of hydrogen-bond donors (Lipinski definition) is 3. The number of aromatic nitrogens is 2. The molecule has 4 N–H and O–H groups in total. The van der Waals surface area contributed by atoms with E-state index in [4.69, 9.17) is 15.5 Å². The zero-order valence-electron chi connectivity index (χ0n) is 18.8. The minimum Gasteiger partial charge on any atom is -0.465 e. The lowest BCUT2D eigenvalue weighted by Gasteiger charge is -2.06. The molecule has 5 rings (SSSR count). The summed E-state index contributed by atoms with van der Waals surface area (Å²) in [5, 5.41) is 11.1. The predicted molar refractivity (Wildman–Crippen MR) is 146 cm³/mol. The molecule has 11 heteroatoms. The highest BCUT2D eigenvalue weighted by atomic mass is 32.1. The number of hydrogen-bond acceptors (Lipinski definition) is 10. The molecule has 36 heavy (non-hydrogen) atoms. The smallest absolute Gasteiger partial charge is 0.350 e. The lowest BCUT2D eigenvalue weighted by atomic mass is 10.1. The molecule has 0 saturated carbocycles. The van der Waals surface area contributed by atoms with Gasteiger partial charge < -0.3 is 21.1 Å². The molecule has 0 aliphatic heterocycles. The summed E-state index contributed by atoms with van der Waals surface area (Å²) < 4.78 is 4.83. The monoisotopic (exact) mass is 533 g/mol. The Morgan fingerprint density at radius 2 is 1.83 bits per heavy atom. The van der Waals surface area contributed by atoms with E-state index in [1.807, 2.05) is 47.8 Å². The molecule has 0 bridgehead atoms. The van der Waals surface area contributed by atoms with Crippen LogP contribution in [0, 0.1) is 0 Å². The molecule has 5 aromatic rings. The summed E-state index contributed by atoms with van der Waals surface area (Å²) in [4.78, 5) is 34.8. The van der Waals surface area contributed by atoms with E-state index < -0.39 is 5.97 Å². The molecule has 0 saturated heterocycles. The van der Waals surface area contributed by atoms with Crippen molar-refractivity contribution in [2.75, 3.05) is 23.5 Å². The maximum absolute atomic E-state index is 12.5. The van der Waals surface area contributed by atoms with Gasteiger partial charge in [-0.2, -0.15) is 0 Å². The third kappa shape index (κ3) is 4.98. The maximum atomic E-state index is 12.5. The number of nitrogen functional groups attached to an aromatic ring is 1. The Labute approximate surface area is 218 Å². The number of amides is 1. The molecular formula is C25H19N5O3S3. The Balaban J connectivity index is 1.34. The van der Waals surface area contributed by atoms with E-state index in [-0.39, 0.29) is 5.91 Å². The molecule has 3 heterocycles. The number of rotatable bonds is 7. The quantitative estimate of drug-likeness (QED) is 0.208. The topological polar surface area (TPSA) is 119 Å². The van der Waals surface area contributed by atoms with Gasteiger partial charge in [0.1, 0.15) is 20.6 Å². The second kappa shape index (κ2) is 10.3. The summed E-state index contributed by atoms with van der Waals surface area (Å²) in [6.45, 7) is 0. The third-order valence-corrected chi connectivity index (χ3v) is 7.96. The summed E-state index contributed by atoms with van der Waals surface area (Å²) in [6, 6.07) is 18.4. The summed E-state index contributed by atoms with van der Waals surface area (Å²) in [5.41, 5.74) is 9.71. The normalized spacial score (nSPS) is 10.7. The van der Waals surface area contributed by atoms with Crippen LogP contribution in [0.15, 0.2) is 71.4 Å². The molecule has 180 valence electrons. The zero-order chi connectivity index (χ0) is 25.1. The van der Waals surface area contributed by atoms with Crippen LogP contribution >= 0.6 is 34.0 Å². The van der Waals surface area contributed by atoms with Crippen LogP contribution in [0.5, 0.6) is 0 Å². The molecule has 0 radical (unpaired) electrons. The first-order valence-electron chi connectivity index (χ1n) is 10.6. The van der Waals surface area contributed by atoms with Crippen molar-refractivity contribution in [2.45, 2.75) is 0 Å². The van der Waals surface area contributed by atoms with Crippen molar-refractivity contribution in [3.8, 4) is 21.1 Å². The average molecular weight is 534 g/mol. The first kappa shape index (κ1) is 23.7. The number of carbonyl (C=O) groups excluding carboxylic acids is 2. The number of nitrogens with zero attached hydrogens (tertiary/aromatic N) is 2. The van der Waals surface area contributed by atoms with Crippen LogP contribution in [-0.2, 0) is 4.74 Å². The molecule has 2 aromatic carbocycles. The summed E-state index contributed by atoms with van der Waals surface area (Å²) in [5.74, 6) is -0.240. The minimum absolute atomic E-state index is 0.176. The number of carbonyl (C=O) groups is 2. The number of thiazole rings is 2. The Morgan fingerprint density at radius 3 is 2.64 bits per heavy atom. The standard InChI is InChI=1S/C25H19N5O3S3/c1-33-24(32)19-17(10-11-34-19)29-25-30-21(26)20(36-25)23-28-18(13-35-23)15-8-5-9-16(12-15)27-22(31)14-6-3-2-4-7-14/h2-13H,26H2,1H3,(H,27,31)(H,29,30). The van der Waals surface area contributed by atoms with E-state index in [1.165, 1.54) is 41.1 Å². The highest BCUT2D eigenvalue weighted by molar-refractivity contribution is 7.23. The highest BCUT2D eigenvalue weighted by Crippen LogP contribution is 2.40. The Hall–Kier alpha value is -4.06. The van der Waals surface area contributed by atoms with E-state index in [1.54, 1.807) is 23.6 Å². The van der Waals surface area contributed by atoms with Crippen LogP contribution in [0.3, 0.4) is 0 Å². The molecule has 0 fully saturated rings. The van der Waals surface area contributed by atoms with Crippen LogP contribution in [0.25, 0.3) is 21.1 Å². The minimum atomic E-state index is -0.413. The number of nitrogens with two attached hydrogens (primary N) is 1. The second-order valence-corrected chi connectivity index (χ2v) is 10.2. The van der Waals surface area contributed by atoms with Crippen molar-refractivity contribution in [1.82, 2.24) is 9.97 Å². The van der Waals surface area contributed by atoms with Gasteiger partial charge in [-0.15, -0.1) is 22.7 Å². The fourth-order valence-electron chi connectivity index (χ4n) is 3.37. The molecule has 0 aliphatic rings. The summed E-state index contributed by atoms with van der Waals surface area (Å²) in [7, 11) is 1.35. The van der Waals surface area contributed by atoms with Crippen LogP contribution in [-0.4, -0.2) is 29.0 Å². The molecule has 3 aromatic heterocycles. The molecule has 0 aliphatic carbocycles. The number of nitrogens with one attached hydrogen (secondary N) is 2. The fourth-order valence-corrected chi connectivity index (χ4v) is 5.96. The van der Waals surface area contributed by atoms with Crippen molar-refractivity contribution in [3.05, 3.63) is 81.9 Å². The lowest BCUT2D eigenvalue weighted by molar-refractivity contribution is 0.0607. The largest absolute Gasteiger partial charge is 0.465 e. The summed E-state index contributed by atoms with van der Waals surface area (Å²) in [6.07, 6.45) is 0. The van der Waals surface area contributed by atoms with Crippen LogP contribution in [0.1, 0.15) is 20.0 Å². The maximum Gasteiger partial charge on any atom is 0.350 e. The highest BCUT2D eigenvalue weighted by Gasteiger charge is 2.18. The van der Waals surface area contributed by atoms with Gasteiger partial charge >= 0.3 is 5.97 Å². The van der Waals surface area contributed by atoms with Gasteiger partial charge in [0, 0.05) is 22.2 Å². The lowest BCUT2D eigenvalue weighted by Crippen LogP contribution is -2.11. The van der Waals surface area contributed by atoms with Crippen molar-refractivity contribution in [2.24, 2.45) is 0 Å². The number of anilines is 4. The van der Waals surface area contributed by atoms with Gasteiger partial charge in [0.05, 0.1) is 18.5 Å². The van der Waals surface area contributed by atoms with Crippen molar-refractivity contribution < 1.29 is 14.3 Å². The average Bonchev–Trinajstić information content (AvgIpc) is 3.64. The molecule has 0 spiro atoms. The van der Waals surface area contributed by atoms with E-state index in [9.17, 15) is 9.59 Å². The number of ether oxygens (including phenoxy) is 1. The second-order valence-electron chi connectivity index (χ2n) is 7.45. The van der Waals surface area contributed by atoms with Crippen molar-refractivity contribution >= 4 is 68.2 Å². The molecule has 8 nitrogen and oxygen atoms in total. The number of benzene rings is 2. The molecule has 1 amide bonds. The molecule has 0 atom stereocenters. The number of thiophene rings is 1. The fraction of sp³-hybridized carbons (Fsp3) is 0.0400. The first-order chi connectivity index (χ1) is 17.5. The predicted octanol–water partition coefficient (Wildman–Crippen LogP) is 6.36. The first-order valence-corrected chi connectivity index (χ1v) is 13.2. The zero-order valence-corrected chi connectivity index (χ0v) is 21.3. The van der Waals surface area contributed by atoms with Gasteiger partial charge in [0.2, 0.25) is 0 Å². The van der Waals surface area contributed by atoms with Crippen LogP contribution in [0.2, 0.25) is 0 Å². The van der Waals surface area contributed by atoms with Crippen LogP contribution in [0.4, 0.5) is 22.3 Å². The third-order valence-electron chi connectivity index (χ3n) is 5.08. The van der Waals surface area contributed by atoms with Gasteiger partial charge in [-0.25, -0.2) is 14.8 Å². The van der Waals surface area contributed by atoms with Crippen molar-refractivity contribution in [1.29, 1.82) is 0 Å². The van der Waals surface area contributed by atoms with E-state index >= 15 is 0 Å². The van der Waals surface area contributed by atoms with E-state index in [0.29, 0.717) is 32.8 Å². The Bertz CT molecular complexity index is 1540. The van der Waals surface area contributed by atoms with Gasteiger partial charge in [0.15, 0.2) is 5.13 Å². The molecular weight excluding hydrogens is 515 g/mol. The van der Waals surface area contributed by atoms with E-state index in [0.717, 1.165) is 21.1 Å². The van der Waals surface area contributed by atoms with Gasteiger partial charge in [-0.3, -0.25) is 4.79 Å². The van der Waals surface area contributed by atoms with Crippen LogP contribution < -0.4 is 16.4 Å².